The molecule has 18 heavy (non-hydrogen) atoms. The van der Waals surface area contributed by atoms with Crippen LogP contribution < -0.4 is 0 Å². The number of hydrogen-bond donors (Lipinski definition) is 0. The van der Waals surface area contributed by atoms with Crippen molar-refractivity contribution < 1.29 is 4.74 Å². The van der Waals surface area contributed by atoms with Gasteiger partial charge in [0.1, 0.15) is 0 Å². The van der Waals surface area contributed by atoms with Crippen LogP contribution >= 0.6 is 0 Å². The van der Waals surface area contributed by atoms with Crippen LogP contribution in [0.1, 0.15) is 58.3 Å². The topological polar surface area (TPSA) is 33.0 Å². The maximum Gasteiger partial charge on any atom is 0.0655 e. The fraction of sp³-hybridized carbons (Fsp3) is 0.938. The van der Waals surface area contributed by atoms with Crippen LogP contribution in [0.4, 0.5) is 0 Å². The average Bonchev–Trinajstić information content (AvgIpc) is 2.46. The van der Waals surface area contributed by atoms with Crippen LogP contribution in [0.15, 0.2) is 0 Å². The van der Waals surface area contributed by atoms with Crippen molar-refractivity contribution in [3.05, 3.63) is 0 Å². The highest BCUT2D eigenvalue weighted by Gasteiger charge is 2.30. The Balaban J connectivity index is 1.69. The Bertz CT molecular complexity index is 267. The zero-order valence-corrected chi connectivity index (χ0v) is 11.7. The van der Waals surface area contributed by atoms with Crippen LogP contribution in [0.5, 0.6) is 0 Å². The van der Waals surface area contributed by atoms with E-state index in [1.165, 1.54) is 38.5 Å². The minimum atomic E-state index is 0.357. The van der Waals surface area contributed by atoms with Gasteiger partial charge in [0.05, 0.1) is 6.07 Å². The number of hydrogen-bond acceptors (Lipinski definition) is 2. The van der Waals surface area contributed by atoms with Gasteiger partial charge in [0.25, 0.3) is 0 Å². The van der Waals surface area contributed by atoms with Crippen LogP contribution in [0.2, 0.25) is 0 Å². The lowest BCUT2D eigenvalue weighted by atomic mass is 9.69. The first-order chi connectivity index (χ1) is 8.83. The summed E-state index contributed by atoms with van der Waals surface area (Å²) in [6.45, 7) is 3.92. The molecule has 2 aliphatic rings. The maximum atomic E-state index is 8.94. The first kappa shape index (κ1) is 13.9. The lowest BCUT2D eigenvalue weighted by molar-refractivity contribution is 0.0728. The molecule has 0 spiro atoms. The molecule has 0 heterocycles. The van der Waals surface area contributed by atoms with Crippen LogP contribution in [-0.4, -0.2) is 13.2 Å². The zero-order valence-electron chi connectivity index (χ0n) is 11.7. The maximum absolute atomic E-state index is 8.94. The molecule has 0 aliphatic heterocycles. The lowest BCUT2D eigenvalue weighted by Gasteiger charge is -2.36. The first-order valence-corrected chi connectivity index (χ1v) is 7.80. The molecule has 2 fully saturated rings. The van der Waals surface area contributed by atoms with E-state index in [1.54, 1.807) is 0 Å². The molecule has 0 atom stereocenters. The molecule has 0 aromatic heterocycles. The molecular formula is C16H27NO. The first-order valence-electron chi connectivity index (χ1n) is 7.80. The largest absolute Gasteiger partial charge is 0.381 e. The van der Waals surface area contributed by atoms with Gasteiger partial charge in [0.15, 0.2) is 0 Å². The summed E-state index contributed by atoms with van der Waals surface area (Å²) >= 11 is 0. The van der Waals surface area contributed by atoms with E-state index < -0.39 is 0 Å². The standard InChI is InChI=1S/C16H27NO/c1-2-18-12-14-5-9-16(10-6-14)15-7-3-13(11-17)4-8-15/h13-16H,2-10,12H2,1H3/t13-,14-,15-,16-. The van der Waals surface area contributed by atoms with Crippen molar-refractivity contribution in [2.45, 2.75) is 58.3 Å². The summed E-state index contributed by atoms with van der Waals surface area (Å²) < 4.78 is 5.55. The summed E-state index contributed by atoms with van der Waals surface area (Å²) in [6.07, 6.45) is 10.4. The normalized spacial score (nSPS) is 37.1. The average molecular weight is 249 g/mol. The highest BCUT2D eigenvalue weighted by Crippen LogP contribution is 2.41. The van der Waals surface area contributed by atoms with E-state index in [0.717, 1.165) is 43.8 Å². The summed E-state index contributed by atoms with van der Waals surface area (Å²) in [5.41, 5.74) is 0. The minimum Gasteiger partial charge on any atom is -0.381 e. The van der Waals surface area contributed by atoms with Gasteiger partial charge in [-0.25, -0.2) is 0 Å². The van der Waals surface area contributed by atoms with Gasteiger partial charge in [-0.3, -0.25) is 0 Å². The summed E-state index contributed by atoms with van der Waals surface area (Å²) in [5, 5.41) is 8.94. The molecule has 0 N–H and O–H groups in total. The lowest BCUT2D eigenvalue weighted by Crippen LogP contribution is -2.26. The third-order valence-corrected chi connectivity index (χ3v) is 5.07. The van der Waals surface area contributed by atoms with Gasteiger partial charge < -0.3 is 4.74 Å². The number of rotatable bonds is 4. The summed E-state index contributed by atoms with van der Waals surface area (Å²) in [4.78, 5) is 0. The van der Waals surface area contributed by atoms with Crippen LogP contribution in [0.3, 0.4) is 0 Å². The quantitative estimate of drug-likeness (QED) is 0.749. The second kappa shape index (κ2) is 7.14. The fourth-order valence-electron chi connectivity index (χ4n) is 3.83. The van der Waals surface area contributed by atoms with E-state index in [9.17, 15) is 0 Å². The molecule has 0 aromatic rings. The highest BCUT2D eigenvalue weighted by molar-refractivity contribution is 4.89. The molecule has 0 bridgehead atoms. The molecular weight excluding hydrogens is 222 g/mol. The van der Waals surface area contributed by atoms with Gasteiger partial charge in [-0.2, -0.15) is 5.26 Å². The molecule has 0 unspecified atom stereocenters. The van der Waals surface area contributed by atoms with Gasteiger partial charge in [-0.15, -0.1) is 0 Å². The van der Waals surface area contributed by atoms with E-state index in [-0.39, 0.29) is 0 Å². The number of nitrogens with zero attached hydrogens (tertiary/aromatic N) is 1. The van der Waals surface area contributed by atoms with Gasteiger partial charge >= 0.3 is 0 Å². The van der Waals surface area contributed by atoms with Gasteiger partial charge in [-0.1, -0.05) is 0 Å². The van der Waals surface area contributed by atoms with Crippen LogP contribution in [0, 0.1) is 35.0 Å². The van der Waals surface area contributed by atoms with Gasteiger partial charge in [0, 0.05) is 19.1 Å². The summed E-state index contributed by atoms with van der Waals surface area (Å²) in [5.74, 6) is 3.04. The van der Waals surface area contributed by atoms with Crippen LogP contribution in [-0.2, 0) is 4.74 Å². The minimum absolute atomic E-state index is 0.357. The molecule has 0 saturated heterocycles. The molecule has 0 radical (unpaired) electrons. The van der Waals surface area contributed by atoms with Crippen molar-refractivity contribution in [3.8, 4) is 6.07 Å². The number of nitriles is 1. The molecule has 2 aliphatic carbocycles. The summed E-state index contributed by atoms with van der Waals surface area (Å²) in [7, 11) is 0. The Morgan fingerprint density at radius 1 is 0.944 bits per heavy atom. The Labute approximate surface area is 112 Å². The van der Waals surface area contributed by atoms with Crippen molar-refractivity contribution in [2.75, 3.05) is 13.2 Å². The molecule has 2 saturated carbocycles. The van der Waals surface area contributed by atoms with Crippen LogP contribution in [0.25, 0.3) is 0 Å². The molecule has 2 heteroatoms. The summed E-state index contributed by atoms with van der Waals surface area (Å²) in [6, 6.07) is 2.44. The predicted octanol–water partition coefficient (Wildman–Crippen LogP) is 4.16. The predicted molar refractivity (Wildman–Crippen MR) is 73.0 cm³/mol. The third-order valence-electron chi connectivity index (χ3n) is 5.07. The fourth-order valence-corrected chi connectivity index (χ4v) is 3.83. The van der Waals surface area contributed by atoms with Crippen molar-refractivity contribution >= 4 is 0 Å². The van der Waals surface area contributed by atoms with E-state index in [1.807, 2.05) is 0 Å². The Hall–Kier alpha value is -0.550. The Kier molecular flexibility index (Phi) is 5.50. The van der Waals surface area contributed by atoms with Crippen molar-refractivity contribution in [2.24, 2.45) is 23.7 Å². The second-order valence-electron chi connectivity index (χ2n) is 6.18. The molecule has 0 aromatic carbocycles. The van der Waals surface area contributed by atoms with Gasteiger partial charge in [-0.05, 0) is 76.0 Å². The van der Waals surface area contributed by atoms with E-state index in [0.29, 0.717) is 5.92 Å². The molecule has 2 rings (SSSR count). The SMILES string of the molecule is CCOC[C@H]1CC[C@H]([C@H]2CC[C@H](C#N)CC2)CC1. The molecule has 102 valence electrons. The van der Waals surface area contributed by atoms with Crippen molar-refractivity contribution in [1.82, 2.24) is 0 Å². The zero-order chi connectivity index (χ0) is 12.8. The van der Waals surface area contributed by atoms with E-state index >= 15 is 0 Å². The van der Waals surface area contributed by atoms with Gasteiger partial charge in [0.2, 0.25) is 0 Å². The third kappa shape index (κ3) is 3.72. The highest BCUT2D eigenvalue weighted by atomic mass is 16.5. The molecule has 0 amide bonds. The molecule has 2 nitrogen and oxygen atoms in total. The van der Waals surface area contributed by atoms with Crippen molar-refractivity contribution in [3.63, 3.8) is 0 Å². The Morgan fingerprint density at radius 2 is 1.50 bits per heavy atom. The smallest absolute Gasteiger partial charge is 0.0655 e. The monoisotopic (exact) mass is 249 g/mol. The number of ether oxygens (including phenoxy) is 1. The second-order valence-corrected chi connectivity index (χ2v) is 6.18. The van der Waals surface area contributed by atoms with E-state index in [4.69, 9.17) is 10.00 Å². The Morgan fingerprint density at radius 3 is 2.00 bits per heavy atom. The van der Waals surface area contributed by atoms with Crippen molar-refractivity contribution in [1.29, 1.82) is 5.26 Å². The van der Waals surface area contributed by atoms with E-state index in [2.05, 4.69) is 13.0 Å².